The predicted octanol–water partition coefficient (Wildman–Crippen LogP) is 5.59. The highest BCUT2D eigenvalue weighted by atomic mass is 79.9. The number of imidazole rings is 1. The molecule has 1 aliphatic rings. The van der Waals surface area contributed by atoms with Crippen molar-refractivity contribution in [3.63, 3.8) is 0 Å². The van der Waals surface area contributed by atoms with E-state index in [9.17, 15) is 4.79 Å². The first-order valence-corrected chi connectivity index (χ1v) is 13.3. The average molecular weight is 586 g/mol. The fourth-order valence-corrected chi connectivity index (χ4v) is 5.42. The number of H-pyrrole nitrogens is 2. The highest BCUT2D eigenvalue weighted by Gasteiger charge is 2.28. The molecule has 39 heavy (non-hydrogen) atoms. The van der Waals surface area contributed by atoms with Crippen LogP contribution in [0.2, 0.25) is 0 Å². The lowest BCUT2D eigenvalue weighted by Crippen LogP contribution is -2.31. The highest BCUT2D eigenvalue weighted by Crippen LogP contribution is 2.34. The summed E-state index contributed by atoms with van der Waals surface area (Å²) in [6, 6.07) is 25.2. The molecule has 0 amide bonds. The van der Waals surface area contributed by atoms with Crippen LogP contribution in [0.5, 0.6) is 0 Å². The van der Waals surface area contributed by atoms with Crippen LogP contribution in [0, 0.1) is 0 Å². The third-order valence-electron chi connectivity index (χ3n) is 7.35. The number of halogens is 1. The van der Waals surface area contributed by atoms with Gasteiger partial charge in [-0.3, -0.25) is 14.7 Å². The van der Waals surface area contributed by atoms with Gasteiger partial charge >= 0.3 is 0 Å². The summed E-state index contributed by atoms with van der Waals surface area (Å²) < 4.78 is 0. The maximum Gasteiger partial charge on any atom is 0.252 e. The maximum absolute atomic E-state index is 11.9. The van der Waals surface area contributed by atoms with Crippen molar-refractivity contribution in [3.05, 3.63) is 129 Å². The van der Waals surface area contributed by atoms with Gasteiger partial charge in [-0.1, -0.05) is 48.5 Å². The highest BCUT2D eigenvalue weighted by molar-refractivity contribution is 8.93. The molecule has 0 spiro atoms. The van der Waals surface area contributed by atoms with Gasteiger partial charge in [0.15, 0.2) is 0 Å². The van der Waals surface area contributed by atoms with Gasteiger partial charge in [-0.25, -0.2) is 4.98 Å². The average Bonchev–Trinajstić information content (AvgIpc) is 3.37. The number of nitrogens with one attached hydrogen (secondary N) is 3. The van der Waals surface area contributed by atoms with Crippen LogP contribution in [0.25, 0.3) is 11.0 Å². The molecule has 8 heteroatoms. The van der Waals surface area contributed by atoms with Gasteiger partial charge in [0.05, 0.1) is 29.3 Å². The van der Waals surface area contributed by atoms with Crippen molar-refractivity contribution in [2.45, 2.75) is 51.5 Å². The zero-order valence-corrected chi connectivity index (χ0v) is 23.5. The summed E-state index contributed by atoms with van der Waals surface area (Å²) in [5.41, 5.74) is 7.77. The molecule has 0 fully saturated rings. The Bertz CT molecular complexity index is 1550. The smallest absolute Gasteiger partial charge is 0.252 e. The quantitative estimate of drug-likeness (QED) is 0.210. The third kappa shape index (κ3) is 6.36. The van der Waals surface area contributed by atoms with Crippen LogP contribution < -0.4 is 10.9 Å². The number of aromatic nitrogens is 4. The summed E-state index contributed by atoms with van der Waals surface area (Å²) in [5, 5.41) is 3.38. The first-order chi connectivity index (χ1) is 18.7. The Morgan fingerprint density at radius 2 is 1.77 bits per heavy atom. The normalized spacial score (nSPS) is 14.7. The van der Waals surface area contributed by atoms with Crippen molar-refractivity contribution in [2.75, 3.05) is 0 Å². The Balaban J connectivity index is 0.00000308. The molecule has 2 aromatic carbocycles. The number of aromatic amines is 2. The number of hydrogen-bond acceptors (Lipinski definition) is 5. The zero-order valence-electron chi connectivity index (χ0n) is 21.8. The summed E-state index contributed by atoms with van der Waals surface area (Å²) in [6.07, 6.45) is 6.92. The Kier molecular flexibility index (Phi) is 8.66. The van der Waals surface area contributed by atoms with Gasteiger partial charge in [-0.15, -0.1) is 17.0 Å². The van der Waals surface area contributed by atoms with E-state index >= 15 is 0 Å². The fraction of sp³-hybridized carbons (Fsp3) is 0.258. The van der Waals surface area contributed by atoms with Crippen LogP contribution in [0.1, 0.15) is 52.7 Å². The first-order valence-electron chi connectivity index (χ1n) is 13.3. The van der Waals surface area contributed by atoms with E-state index in [4.69, 9.17) is 9.97 Å². The molecule has 0 bridgehead atoms. The number of nitrogens with zero attached hydrogens (tertiary/aromatic N) is 3. The number of hydrogen-bond donors (Lipinski definition) is 3. The number of fused-ring (bicyclic) bond motifs is 2. The molecule has 1 unspecified atom stereocenters. The summed E-state index contributed by atoms with van der Waals surface area (Å²) >= 11 is 0. The Labute approximate surface area is 238 Å². The summed E-state index contributed by atoms with van der Waals surface area (Å²) in [4.78, 5) is 30.3. The molecule has 0 saturated carbocycles. The maximum atomic E-state index is 11.9. The van der Waals surface area contributed by atoms with E-state index in [2.05, 4.69) is 62.6 Å². The summed E-state index contributed by atoms with van der Waals surface area (Å²) in [5.74, 6) is 0.978. The number of rotatable bonds is 9. The van der Waals surface area contributed by atoms with Gasteiger partial charge in [0.2, 0.25) is 0 Å². The number of para-hydroxylation sites is 2. The Morgan fingerprint density at radius 1 is 0.923 bits per heavy atom. The number of benzene rings is 2. The Morgan fingerprint density at radius 3 is 2.62 bits per heavy atom. The molecule has 1 atom stereocenters. The molecule has 0 aliphatic heterocycles. The van der Waals surface area contributed by atoms with Crippen molar-refractivity contribution < 1.29 is 0 Å². The van der Waals surface area contributed by atoms with E-state index in [0.717, 1.165) is 54.8 Å². The largest absolute Gasteiger partial charge is 0.341 e. The van der Waals surface area contributed by atoms with Crippen molar-refractivity contribution in [1.29, 1.82) is 0 Å². The second-order valence-electron chi connectivity index (χ2n) is 10.0. The van der Waals surface area contributed by atoms with E-state index in [0.29, 0.717) is 13.1 Å². The van der Waals surface area contributed by atoms with Gasteiger partial charge in [-0.2, -0.15) is 0 Å². The van der Waals surface area contributed by atoms with E-state index in [1.807, 2.05) is 36.5 Å². The third-order valence-corrected chi connectivity index (χ3v) is 7.35. The van der Waals surface area contributed by atoms with E-state index in [1.54, 1.807) is 6.20 Å². The van der Waals surface area contributed by atoms with Crippen molar-refractivity contribution in [2.24, 2.45) is 0 Å². The molecule has 3 aromatic heterocycles. The van der Waals surface area contributed by atoms with Crippen molar-refractivity contribution in [1.82, 2.24) is 30.2 Å². The molecule has 5 aromatic rings. The lowest BCUT2D eigenvalue weighted by molar-refractivity contribution is 0.153. The molecule has 6 rings (SSSR count). The Hall–Kier alpha value is -3.59. The van der Waals surface area contributed by atoms with Crippen LogP contribution in [-0.4, -0.2) is 24.8 Å². The second-order valence-corrected chi connectivity index (χ2v) is 10.0. The van der Waals surface area contributed by atoms with E-state index < -0.39 is 0 Å². The molecule has 0 radical (unpaired) electrons. The summed E-state index contributed by atoms with van der Waals surface area (Å²) in [6.45, 7) is 2.78. The van der Waals surface area contributed by atoms with Gasteiger partial charge in [0.1, 0.15) is 5.82 Å². The molecule has 1 aliphatic carbocycles. The van der Waals surface area contributed by atoms with Gasteiger partial charge in [0, 0.05) is 37.6 Å². The molecule has 3 N–H and O–H groups in total. The lowest BCUT2D eigenvalue weighted by atomic mass is 9.90. The minimum atomic E-state index is -0.0429. The van der Waals surface area contributed by atoms with Crippen LogP contribution in [-0.2, 0) is 32.6 Å². The first kappa shape index (κ1) is 27.0. The molecule has 7 nitrogen and oxygen atoms in total. The molecule has 0 saturated heterocycles. The standard InChI is InChI=1S/C31H32N6O.BrH/c38-31-25(8-5-17-34-31)19-32-18-22-12-14-23(15-13-22)20-37(21-29-35-26-9-1-2-10-27(26)36-29)28-11-3-6-24-7-4-16-33-30(24)28;/h1-2,4-5,7-10,12-17,28,32H,3,6,11,18-21H2,(H,34,38)(H,35,36);1H. The predicted molar refractivity (Wildman–Crippen MR) is 160 cm³/mol. The molecular formula is C31H33BrN6O. The second kappa shape index (κ2) is 12.5. The van der Waals surface area contributed by atoms with Crippen LogP contribution in [0.15, 0.2) is 90.0 Å². The van der Waals surface area contributed by atoms with Crippen molar-refractivity contribution in [3.8, 4) is 0 Å². The van der Waals surface area contributed by atoms with Crippen LogP contribution in [0.3, 0.4) is 0 Å². The van der Waals surface area contributed by atoms with E-state index in [-0.39, 0.29) is 28.6 Å². The van der Waals surface area contributed by atoms with Crippen LogP contribution >= 0.6 is 17.0 Å². The minimum Gasteiger partial charge on any atom is -0.341 e. The zero-order chi connectivity index (χ0) is 25.7. The monoisotopic (exact) mass is 584 g/mol. The van der Waals surface area contributed by atoms with Gasteiger partial charge in [-0.05, 0) is 60.2 Å². The summed E-state index contributed by atoms with van der Waals surface area (Å²) in [7, 11) is 0. The lowest BCUT2D eigenvalue weighted by Gasteiger charge is -2.34. The molecule has 3 heterocycles. The fourth-order valence-electron chi connectivity index (χ4n) is 5.42. The van der Waals surface area contributed by atoms with E-state index in [1.165, 1.54) is 22.4 Å². The molecular weight excluding hydrogens is 552 g/mol. The number of aryl methyl sites for hydroxylation is 1. The van der Waals surface area contributed by atoms with Gasteiger partial charge < -0.3 is 15.3 Å². The molecule has 200 valence electrons. The van der Waals surface area contributed by atoms with Crippen molar-refractivity contribution >= 4 is 28.0 Å². The van der Waals surface area contributed by atoms with Crippen LogP contribution in [0.4, 0.5) is 0 Å². The minimum absolute atomic E-state index is 0. The van der Waals surface area contributed by atoms with Gasteiger partial charge in [0.25, 0.3) is 5.56 Å². The number of pyridine rings is 2. The topological polar surface area (TPSA) is 89.7 Å². The SMILES string of the molecule is Br.O=c1[nH]cccc1CNCc1ccc(CN(Cc2nc3ccccc3[nH]2)C2CCCc3cccnc32)cc1.